The highest BCUT2D eigenvalue weighted by Gasteiger charge is 2.14. The molecule has 0 aliphatic heterocycles. The van der Waals surface area contributed by atoms with Crippen molar-refractivity contribution >= 4 is 22.8 Å². The molecule has 0 amide bonds. The van der Waals surface area contributed by atoms with Gasteiger partial charge in [0.25, 0.3) is 0 Å². The van der Waals surface area contributed by atoms with Crippen molar-refractivity contribution < 1.29 is 0 Å². The van der Waals surface area contributed by atoms with Crippen molar-refractivity contribution in [3.8, 4) is 0 Å². The maximum atomic E-state index is 5.87. The van der Waals surface area contributed by atoms with E-state index in [0.717, 1.165) is 28.4 Å². The number of rotatable bonds is 4. The van der Waals surface area contributed by atoms with E-state index >= 15 is 0 Å². The largest absolute Gasteiger partial charge is 0.305 e. The molecule has 0 radical (unpaired) electrons. The standard InChI is InChI=1S/C13H15ClN6/c1-9-4-6-15-13-12(9)17-11(3-5-14)20(13)7-10-16-8-19(2)18-10/h4,6,8H,3,5,7H2,1-2H3. The molecule has 0 aromatic carbocycles. The molecular formula is C13H15ClN6. The highest BCUT2D eigenvalue weighted by Crippen LogP contribution is 2.18. The van der Waals surface area contributed by atoms with E-state index in [-0.39, 0.29) is 0 Å². The second kappa shape index (κ2) is 5.20. The molecule has 0 fully saturated rings. The SMILES string of the molecule is Cc1ccnc2c1nc(CCCl)n2Cc1ncn(C)n1. The lowest BCUT2D eigenvalue weighted by molar-refractivity contribution is 0.685. The van der Waals surface area contributed by atoms with Gasteiger partial charge in [-0.2, -0.15) is 5.10 Å². The van der Waals surface area contributed by atoms with Crippen LogP contribution in [0.25, 0.3) is 11.2 Å². The molecular weight excluding hydrogens is 276 g/mol. The lowest BCUT2D eigenvalue weighted by Crippen LogP contribution is -2.08. The van der Waals surface area contributed by atoms with Gasteiger partial charge < -0.3 is 4.57 Å². The zero-order valence-corrected chi connectivity index (χ0v) is 12.2. The second-order valence-corrected chi connectivity index (χ2v) is 5.07. The Bertz CT molecular complexity index is 744. The number of aryl methyl sites for hydroxylation is 3. The van der Waals surface area contributed by atoms with Crippen molar-refractivity contribution in [1.82, 2.24) is 29.3 Å². The summed E-state index contributed by atoms with van der Waals surface area (Å²) in [4.78, 5) is 13.4. The lowest BCUT2D eigenvalue weighted by Gasteiger charge is -2.05. The van der Waals surface area contributed by atoms with Gasteiger partial charge in [-0.25, -0.2) is 15.0 Å². The molecule has 6 nitrogen and oxygen atoms in total. The maximum absolute atomic E-state index is 5.87. The zero-order valence-electron chi connectivity index (χ0n) is 11.4. The Morgan fingerprint density at radius 1 is 1.30 bits per heavy atom. The average Bonchev–Trinajstić information content (AvgIpc) is 2.97. The fraction of sp³-hybridized carbons (Fsp3) is 0.385. The fourth-order valence-corrected chi connectivity index (χ4v) is 2.39. The molecule has 0 saturated heterocycles. The molecule has 0 atom stereocenters. The number of hydrogen-bond donors (Lipinski definition) is 0. The molecule has 104 valence electrons. The third-order valence-corrected chi connectivity index (χ3v) is 3.37. The van der Waals surface area contributed by atoms with Gasteiger partial charge in [-0.3, -0.25) is 4.68 Å². The Balaban J connectivity index is 2.11. The first-order chi connectivity index (χ1) is 9.69. The first-order valence-electron chi connectivity index (χ1n) is 6.40. The van der Waals surface area contributed by atoms with Crippen LogP contribution in [0.4, 0.5) is 0 Å². The van der Waals surface area contributed by atoms with Crippen LogP contribution in [-0.4, -0.2) is 35.2 Å². The van der Waals surface area contributed by atoms with Crippen LogP contribution < -0.4 is 0 Å². The molecule has 0 N–H and O–H groups in total. The molecule has 0 spiro atoms. The Hall–Kier alpha value is -1.95. The van der Waals surface area contributed by atoms with Crippen molar-refractivity contribution in [2.75, 3.05) is 5.88 Å². The number of halogens is 1. The van der Waals surface area contributed by atoms with Crippen LogP contribution in [0, 0.1) is 6.92 Å². The first kappa shape index (κ1) is 13.1. The second-order valence-electron chi connectivity index (χ2n) is 4.69. The van der Waals surface area contributed by atoms with Gasteiger partial charge in [0.2, 0.25) is 0 Å². The minimum Gasteiger partial charge on any atom is -0.305 e. The normalized spacial score (nSPS) is 11.3. The summed E-state index contributed by atoms with van der Waals surface area (Å²) in [5.74, 6) is 2.19. The van der Waals surface area contributed by atoms with E-state index in [4.69, 9.17) is 11.6 Å². The van der Waals surface area contributed by atoms with E-state index in [2.05, 4.69) is 20.1 Å². The summed E-state index contributed by atoms with van der Waals surface area (Å²) in [6, 6.07) is 1.96. The van der Waals surface area contributed by atoms with Crippen molar-refractivity contribution in [2.24, 2.45) is 7.05 Å². The molecule has 3 aromatic heterocycles. The topological polar surface area (TPSA) is 61.4 Å². The van der Waals surface area contributed by atoms with E-state index in [1.165, 1.54) is 0 Å². The number of alkyl halides is 1. The summed E-state index contributed by atoms with van der Waals surface area (Å²) in [5.41, 5.74) is 2.89. The average molecular weight is 291 g/mol. The summed E-state index contributed by atoms with van der Waals surface area (Å²) >= 11 is 5.87. The van der Waals surface area contributed by atoms with Gasteiger partial charge in [-0.1, -0.05) is 0 Å². The van der Waals surface area contributed by atoms with E-state index < -0.39 is 0 Å². The molecule has 7 heteroatoms. The smallest absolute Gasteiger partial charge is 0.170 e. The van der Waals surface area contributed by atoms with Crippen molar-refractivity contribution in [3.63, 3.8) is 0 Å². The van der Waals surface area contributed by atoms with E-state index in [0.29, 0.717) is 18.8 Å². The fourth-order valence-electron chi connectivity index (χ4n) is 2.22. The van der Waals surface area contributed by atoms with Gasteiger partial charge in [0.1, 0.15) is 17.7 Å². The summed E-state index contributed by atoms with van der Waals surface area (Å²) in [5, 5.41) is 4.31. The van der Waals surface area contributed by atoms with Crippen LogP contribution in [0.2, 0.25) is 0 Å². The molecule has 0 aliphatic rings. The van der Waals surface area contributed by atoms with Gasteiger partial charge in [0.05, 0.1) is 6.54 Å². The predicted octanol–water partition coefficient (Wildman–Crippen LogP) is 1.70. The van der Waals surface area contributed by atoms with Crippen LogP contribution in [-0.2, 0) is 20.0 Å². The molecule has 3 aromatic rings. The molecule has 0 aliphatic carbocycles. The monoisotopic (exact) mass is 290 g/mol. The third-order valence-electron chi connectivity index (χ3n) is 3.18. The highest BCUT2D eigenvalue weighted by molar-refractivity contribution is 6.17. The number of nitrogens with zero attached hydrogens (tertiary/aromatic N) is 6. The predicted molar refractivity (Wildman–Crippen MR) is 76.8 cm³/mol. The zero-order chi connectivity index (χ0) is 14.1. The number of imidazole rings is 1. The number of aromatic nitrogens is 6. The van der Waals surface area contributed by atoms with E-state index in [1.807, 2.05) is 24.6 Å². The van der Waals surface area contributed by atoms with E-state index in [1.54, 1.807) is 17.2 Å². The third kappa shape index (κ3) is 2.27. The minimum atomic E-state index is 0.526. The first-order valence-corrected chi connectivity index (χ1v) is 6.93. The van der Waals surface area contributed by atoms with Crippen molar-refractivity contribution in [1.29, 1.82) is 0 Å². The van der Waals surface area contributed by atoms with Gasteiger partial charge >= 0.3 is 0 Å². The maximum Gasteiger partial charge on any atom is 0.170 e. The minimum absolute atomic E-state index is 0.526. The van der Waals surface area contributed by atoms with Crippen LogP contribution >= 0.6 is 11.6 Å². The van der Waals surface area contributed by atoms with Crippen LogP contribution in [0.3, 0.4) is 0 Å². The molecule has 20 heavy (non-hydrogen) atoms. The van der Waals surface area contributed by atoms with E-state index in [9.17, 15) is 0 Å². The van der Waals surface area contributed by atoms with Gasteiger partial charge in [-0.05, 0) is 18.6 Å². The molecule has 0 saturated carbocycles. The number of fused-ring (bicyclic) bond motifs is 1. The van der Waals surface area contributed by atoms with Crippen LogP contribution in [0.5, 0.6) is 0 Å². The van der Waals surface area contributed by atoms with Crippen molar-refractivity contribution in [2.45, 2.75) is 19.9 Å². The summed E-state index contributed by atoms with van der Waals surface area (Å²) < 4.78 is 3.73. The van der Waals surface area contributed by atoms with Crippen molar-refractivity contribution in [3.05, 3.63) is 35.8 Å². The quantitative estimate of drug-likeness (QED) is 0.686. The van der Waals surface area contributed by atoms with Crippen LogP contribution in [0.15, 0.2) is 18.6 Å². The molecule has 0 unspecified atom stereocenters. The summed E-state index contributed by atoms with van der Waals surface area (Å²) in [6.07, 6.45) is 4.19. The Morgan fingerprint density at radius 2 is 2.15 bits per heavy atom. The Labute approximate surface area is 121 Å². The summed E-state index contributed by atoms with van der Waals surface area (Å²) in [6.45, 7) is 2.59. The van der Waals surface area contributed by atoms with Crippen LogP contribution in [0.1, 0.15) is 17.2 Å². The van der Waals surface area contributed by atoms with Gasteiger partial charge in [-0.15, -0.1) is 11.6 Å². The summed E-state index contributed by atoms with van der Waals surface area (Å²) in [7, 11) is 1.85. The Kier molecular flexibility index (Phi) is 3.40. The van der Waals surface area contributed by atoms with Gasteiger partial charge in [0, 0.05) is 25.5 Å². The lowest BCUT2D eigenvalue weighted by atomic mass is 10.3. The number of pyridine rings is 1. The Morgan fingerprint density at radius 3 is 2.85 bits per heavy atom. The molecule has 3 rings (SSSR count). The highest BCUT2D eigenvalue weighted by atomic mass is 35.5. The van der Waals surface area contributed by atoms with Gasteiger partial charge in [0.15, 0.2) is 11.5 Å². The molecule has 3 heterocycles. The molecule has 0 bridgehead atoms. The number of hydrogen-bond acceptors (Lipinski definition) is 4.